The van der Waals surface area contributed by atoms with Crippen molar-refractivity contribution in [3.8, 4) is 0 Å². The Bertz CT molecular complexity index is 739. The second-order valence-electron chi connectivity index (χ2n) is 5.79. The maximum Gasteiger partial charge on any atom is 0.318 e. The van der Waals surface area contributed by atoms with Gasteiger partial charge in [-0.1, -0.05) is 12.1 Å². The number of hydrogen-bond donors (Lipinski definition) is 2. The molecule has 1 aliphatic heterocycles. The van der Waals surface area contributed by atoms with Crippen LogP contribution >= 0.6 is 0 Å². The number of hydrogen-bond acceptors (Lipinski definition) is 3. The number of imidazole rings is 1. The third-order valence-electron chi connectivity index (χ3n) is 4.30. The molecule has 1 aromatic carbocycles. The van der Waals surface area contributed by atoms with Crippen LogP contribution in [0.15, 0.2) is 24.3 Å². The number of benzene rings is 1. The lowest BCUT2D eigenvalue weighted by Gasteiger charge is -2.22. The standard InChI is InChI=1S/C16H21N5O2/c1-11-19-12-5-2-3-6-13(12)20(11)10-8-18-16(23)21-9-4-7-14(21)15(17)22/h2-3,5-6,14H,4,7-10H2,1H3,(H2,17,22)(H,18,23)/t14-/m1/s1. The molecule has 1 aliphatic rings. The number of carbonyl (C=O) groups is 2. The van der Waals surface area contributed by atoms with E-state index >= 15 is 0 Å². The molecule has 0 saturated carbocycles. The molecule has 1 atom stereocenters. The van der Waals surface area contributed by atoms with Gasteiger partial charge in [-0.3, -0.25) is 4.79 Å². The molecule has 0 spiro atoms. The lowest BCUT2D eigenvalue weighted by atomic mass is 10.2. The Morgan fingerprint density at radius 2 is 2.17 bits per heavy atom. The molecular formula is C16H21N5O2. The highest BCUT2D eigenvalue weighted by Gasteiger charge is 2.32. The molecule has 122 valence electrons. The number of para-hydroxylation sites is 2. The molecule has 3 rings (SSSR count). The van der Waals surface area contributed by atoms with Gasteiger partial charge in [0.15, 0.2) is 0 Å². The predicted molar refractivity (Wildman–Crippen MR) is 86.8 cm³/mol. The number of nitrogens with zero attached hydrogens (tertiary/aromatic N) is 3. The Labute approximate surface area is 134 Å². The normalized spacial score (nSPS) is 17.6. The van der Waals surface area contributed by atoms with E-state index in [0.717, 1.165) is 23.3 Å². The van der Waals surface area contributed by atoms with Crippen LogP contribution < -0.4 is 11.1 Å². The molecule has 0 unspecified atom stereocenters. The minimum Gasteiger partial charge on any atom is -0.368 e. The van der Waals surface area contributed by atoms with Crippen LogP contribution in [0.3, 0.4) is 0 Å². The number of carbonyl (C=O) groups excluding carboxylic acids is 2. The third kappa shape index (κ3) is 2.99. The largest absolute Gasteiger partial charge is 0.368 e. The van der Waals surface area contributed by atoms with Gasteiger partial charge >= 0.3 is 6.03 Å². The van der Waals surface area contributed by atoms with E-state index in [1.165, 1.54) is 4.90 Å². The van der Waals surface area contributed by atoms with Crippen molar-refractivity contribution in [2.24, 2.45) is 5.73 Å². The fourth-order valence-corrected chi connectivity index (χ4v) is 3.16. The summed E-state index contributed by atoms with van der Waals surface area (Å²) in [5.41, 5.74) is 7.34. The summed E-state index contributed by atoms with van der Waals surface area (Å²) in [6, 6.07) is 7.21. The van der Waals surface area contributed by atoms with E-state index in [1.54, 1.807) is 0 Å². The SMILES string of the molecule is Cc1nc2ccccc2n1CCNC(=O)N1CCC[C@@H]1C(N)=O. The number of aromatic nitrogens is 2. The van der Waals surface area contributed by atoms with E-state index < -0.39 is 11.9 Å². The highest BCUT2D eigenvalue weighted by molar-refractivity contribution is 5.86. The molecule has 0 aliphatic carbocycles. The van der Waals surface area contributed by atoms with E-state index in [0.29, 0.717) is 26.1 Å². The highest BCUT2D eigenvalue weighted by atomic mass is 16.2. The van der Waals surface area contributed by atoms with Crippen molar-refractivity contribution in [1.82, 2.24) is 19.8 Å². The van der Waals surface area contributed by atoms with Gasteiger partial charge in [-0.2, -0.15) is 0 Å². The Morgan fingerprint density at radius 3 is 2.96 bits per heavy atom. The molecule has 0 radical (unpaired) electrons. The van der Waals surface area contributed by atoms with E-state index in [1.807, 2.05) is 31.2 Å². The zero-order valence-corrected chi connectivity index (χ0v) is 13.2. The number of rotatable bonds is 4. The molecule has 7 heteroatoms. The van der Waals surface area contributed by atoms with Crippen LogP contribution in [0.1, 0.15) is 18.7 Å². The van der Waals surface area contributed by atoms with Gasteiger partial charge in [-0.15, -0.1) is 0 Å². The van der Waals surface area contributed by atoms with Gasteiger partial charge in [0, 0.05) is 19.6 Å². The van der Waals surface area contributed by atoms with Gasteiger partial charge < -0.3 is 20.5 Å². The first-order valence-electron chi connectivity index (χ1n) is 7.83. The van der Waals surface area contributed by atoms with Gasteiger partial charge in [0.05, 0.1) is 11.0 Å². The summed E-state index contributed by atoms with van der Waals surface area (Å²) in [4.78, 5) is 29.6. The first kappa shape index (κ1) is 15.3. The van der Waals surface area contributed by atoms with Crippen molar-refractivity contribution in [2.75, 3.05) is 13.1 Å². The van der Waals surface area contributed by atoms with E-state index in [4.69, 9.17) is 5.73 Å². The molecule has 2 heterocycles. The van der Waals surface area contributed by atoms with Gasteiger partial charge in [-0.25, -0.2) is 9.78 Å². The zero-order chi connectivity index (χ0) is 16.4. The molecule has 1 aromatic heterocycles. The van der Waals surface area contributed by atoms with Crippen molar-refractivity contribution in [3.63, 3.8) is 0 Å². The predicted octanol–water partition coefficient (Wildman–Crippen LogP) is 1.00. The topological polar surface area (TPSA) is 93.2 Å². The number of nitrogens with one attached hydrogen (secondary N) is 1. The molecule has 3 amide bonds. The molecule has 1 fully saturated rings. The summed E-state index contributed by atoms with van der Waals surface area (Å²) >= 11 is 0. The number of fused-ring (bicyclic) bond motifs is 1. The van der Waals surface area contributed by atoms with Crippen LogP contribution in [0.2, 0.25) is 0 Å². The Morgan fingerprint density at radius 1 is 1.39 bits per heavy atom. The Hall–Kier alpha value is -2.57. The van der Waals surface area contributed by atoms with E-state index in [9.17, 15) is 9.59 Å². The van der Waals surface area contributed by atoms with Crippen LogP contribution in [-0.4, -0.2) is 45.5 Å². The molecular weight excluding hydrogens is 294 g/mol. The van der Waals surface area contributed by atoms with Crippen LogP contribution in [0.25, 0.3) is 11.0 Å². The first-order valence-corrected chi connectivity index (χ1v) is 7.83. The van der Waals surface area contributed by atoms with Crippen molar-refractivity contribution < 1.29 is 9.59 Å². The summed E-state index contributed by atoms with van der Waals surface area (Å²) in [6.45, 7) is 3.63. The third-order valence-corrected chi connectivity index (χ3v) is 4.30. The summed E-state index contributed by atoms with van der Waals surface area (Å²) in [6.07, 6.45) is 1.46. The minimum absolute atomic E-state index is 0.228. The van der Waals surface area contributed by atoms with Gasteiger partial charge in [0.25, 0.3) is 0 Å². The number of nitrogens with two attached hydrogens (primary N) is 1. The fraction of sp³-hybridized carbons (Fsp3) is 0.438. The summed E-state index contributed by atoms with van der Waals surface area (Å²) in [5.74, 6) is 0.478. The van der Waals surface area contributed by atoms with E-state index in [-0.39, 0.29) is 6.03 Å². The summed E-state index contributed by atoms with van der Waals surface area (Å²) in [7, 11) is 0. The van der Waals surface area contributed by atoms with Crippen LogP contribution in [0.4, 0.5) is 4.79 Å². The van der Waals surface area contributed by atoms with Crippen LogP contribution in [0, 0.1) is 6.92 Å². The van der Waals surface area contributed by atoms with Crippen LogP contribution in [0.5, 0.6) is 0 Å². The zero-order valence-electron chi connectivity index (χ0n) is 13.2. The maximum absolute atomic E-state index is 12.2. The van der Waals surface area contributed by atoms with Crippen molar-refractivity contribution >= 4 is 23.0 Å². The lowest BCUT2D eigenvalue weighted by molar-refractivity contribution is -0.121. The molecule has 2 aromatic rings. The quantitative estimate of drug-likeness (QED) is 0.881. The van der Waals surface area contributed by atoms with Crippen molar-refractivity contribution in [1.29, 1.82) is 0 Å². The highest BCUT2D eigenvalue weighted by Crippen LogP contribution is 2.17. The molecule has 1 saturated heterocycles. The molecule has 0 bridgehead atoms. The average molecular weight is 315 g/mol. The monoisotopic (exact) mass is 315 g/mol. The van der Waals surface area contributed by atoms with Crippen molar-refractivity contribution in [3.05, 3.63) is 30.1 Å². The number of urea groups is 1. The maximum atomic E-state index is 12.2. The molecule has 23 heavy (non-hydrogen) atoms. The van der Waals surface area contributed by atoms with Crippen LogP contribution in [-0.2, 0) is 11.3 Å². The summed E-state index contributed by atoms with van der Waals surface area (Å²) < 4.78 is 2.07. The first-order chi connectivity index (χ1) is 11.1. The van der Waals surface area contributed by atoms with Gasteiger partial charge in [0.2, 0.25) is 5.91 Å². The number of aryl methyl sites for hydroxylation is 1. The smallest absolute Gasteiger partial charge is 0.318 e. The second kappa shape index (κ2) is 6.28. The Kier molecular flexibility index (Phi) is 4.18. The van der Waals surface area contributed by atoms with Gasteiger partial charge in [-0.05, 0) is 31.9 Å². The molecule has 3 N–H and O–H groups in total. The molecule has 7 nitrogen and oxygen atoms in total. The number of likely N-dealkylation sites (tertiary alicyclic amines) is 1. The van der Waals surface area contributed by atoms with E-state index in [2.05, 4.69) is 14.9 Å². The summed E-state index contributed by atoms with van der Waals surface area (Å²) in [5, 5.41) is 2.87. The fourth-order valence-electron chi connectivity index (χ4n) is 3.16. The second-order valence-corrected chi connectivity index (χ2v) is 5.79. The Balaban J connectivity index is 1.61. The van der Waals surface area contributed by atoms with Crippen molar-refractivity contribution in [2.45, 2.75) is 32.4 Å². The minimum atomic E-state index is -0.481. The average Bonchev–Trinajstić information content (AvgIpc) is 3.12. The number of amides is 3. The van der Waals surface area contributed by atoms with Gasteiger partial charge in [0.1, 0.15) is 11.9 Å². The lowest BCUT2D eigenvalue weighted by Crippen LogP contribution is -2.48. The number of primary amides is 1.